The molecule has 0 radical (unpaired) electrons. The highest BCUT2D eigenvalue weighted by Gasteiger charge is 2.43. The minimum Gasteiger partial charge on any atom is -0.394 e. The van der Waals surface area contributed by atoms with E-state index in [1.54, 1.807) is 10.6 Å². The molecule has 0 saturated carbocycles. The van der Waals surface area contributed by atoms with Gasteiger partial charge < -0.3 is 30.4 Å². The van der Waals surface area contributed by atoms with Crippen LogP contribution in [0.4, 0.5) is 5.82 Å². The summed E-state index contributed by atoms with van der Waals surface area (Å²) in [6.07, 6.45) is -0.952. The Morgan fingerprint density at radius 3 is 2.79 bits per heavy atom. The number of ether oxygens (including phenoxy) is 1. The van der Waals surface area contributed by atoms with Crippen LogP contribution in [-0.4, -0.2) is 54.8 Å². The topological polar surface area (TPSA) is 127 Å². The fourth-order valence-corrected chi connectivity index (χ4v) is 2.29. The normalized spacial score (nSPS) is 31.1. The Balaban J connectivity index is 2.04. The molecular weight excluding hydrogens is 252 g/mol. The van der Waals surface area contributed by atoms with E-state index in [2.05, 4.69) is 9.97 Å². The third-order valence-corrected chi connectivity index (χ3v) is 3.31. The average molecular weight is 266 g/mol. The molecule has 3 rings (SSSR count). The Kier molecular flexibility index (Phi) is 2.86. The predicted octanol–water partition coefficient (Wildman–Crippen LogP) is -1.38. The van der Waals surface area contributed by atoms with Gasteiger partial charge in [0.1, 0.15) is 23.8 Å². The van der Waals surface area contributed by atoms with Crippen molar-refractivity contribution in [3.63, 3.8) is 0 Å². The Hall–Kier alpha value is -1.74. The van der Waals surface area contributed by atoms with Crippen molar-refractivity contribution in [2.75, 3.05) is 12.3 Å². The second-order valence-corrected chi connectivity index (χ2v) is 4.44. The van der Waals surface area contributed by atoms with E-state index in [0.717, 1.165) is 0 Å². The van der Waals surface area contributed by atoms with Crippen molar-refractivity contribution >= 4 is 16.9 Å². The number of aromatic nitrogens is 3. The number of imidazole rings is 1. The molecule has 0 bridgehead atoms. The van der Waals surface area contributed by atoms with E-state index < -0.39 is 24.5 Å². The van der Waals surface area contributed by atoms with Crippen LogP contribution in [0.15, 0.2) is 18.6 Å². The van der Waals surface area contributed by atoms with Crippen LogP contribution in [0.3, 0.4) is 0 Å². The number of nitrogens with zero attached hydrogens (tertiary/aromatic N) is 3. The van der Waals surface area contributed by atoms with Crippen LogP contribution in [0.1, 0.15) is 6.23 Å². The lowest BCUT2D eigenvalue weighted by Gasteiger charge is -2.16. The number of nitrogens with two attached hydrogens (primary N) is 1. The fraction of sp³-hybridized carbons (Fsp3) is 0.455. The van der Waals surface area contributed by atoms with Crippen molar-refractivity contribution in [2.45, 2.75) is 24.5 Å². The summed E-state index contributed by atoms with van der Waals surface area (Å²) in [4.78, 5) is 8.03. The SMILES string of the molecule is Nc1nccc2c1ncn2[C@H]1O[C@@H](CO)[C@@H](O)C1O. The highest BCUT2D eigenvalue weighted by molar-refractivity contribution is 5.84. The molecular formula is C11H14N4O4. The Bertz CT molecular complexity index is 601. The molecule has 0 amide bonds. The summed E-state index contributed by atoms with van der Waals surface area (Å²) >= 11 is 0. The minimum absolute atomic E-state index is 0.281. The van der Waals surface area contributed by atoms with Gasteiger partial charge in [0.15, 0.2) is 12.0 Å². The fourth-order valence-electron chi connectivity index (χ4n) is 2.29. The maximum atomic E-state index is 9.98. The molecule has 19 heavy (non-hydrogen) atoms. The molecule has 8 nitrogen and oxygen atoms in total. The largest absolute Gasteiger partial charge is 0.394 e. The van der Waals surface area contributed by atoms with Crippen LogP contribution in [0.5, 0.6) is 0 Å². The lowest BCUT2D eigenvalue weighted by molar-refractivity contribution is -0.0508. The first-order chi connectivity index (χ1) is 9.13. The standard InChI is InChI=1S/C11H14N4O4/c12-10-7-5(1-2-13-10)15(4-14-7)11-9(18)8(17)6(3-16)19-11/h1-2,4,6,8-9,11,16-18H,3H2,(H2,12,13)/t6-,8+,9?,11-/m0/s1. The number of pyridine rings is 1. The van der Waals surface area contributed by atoms with Crippen LogP contribution < -0.4 is 5.73 Å². The zero-order chi connectivity index (χ0) is 13.6. The van der Waals surface area contributed by atoms with Gasteiger partial charge in [0, 0.05) is 6.20 Å². The highest BCUT2D eigenvalue weighted by atomic mass is 16.6. The molecule has 0 spiro atoms. The van der Waals surface area contributed by atoms with Crippen molar-refractivity contribution < 1.29 is 20.1 Å². The summed E-state index contributed by atoms with van der Waals surface area (Å²) in [5.41, 5.74) is 6.85. The van der Waals surface area contributed by atoms with E-state index in [0.29, 0.717) is 11.0 Å². The second-order valence-electron chi connectivity index (χ2n) is 4.44. The molecule has 5 N–H and O–H groups in total. The number of fused-ring (bicyclic) bond motifs is 1. The monoisotopic (exact) mass is 266 g/mol. The van der Waals surface area contributed by atoms with Crippen LogP contribution in [0, 0.1) is 0 Å². The van der Waals surface area contributed by atoms with E-state index in [-0.39, 0.29) is 12.4 Å². The number of rotatable bonds is 2. The molecule has 1 saturated heterocycles. The molecule has 1 fully saturated rings. The van der Waals surface area contributed by atoms with Crippen molar-refractivity contribution in [2.24, 2.45) is 0 Å². The molecule has 2 aromatic rings. The zero-order valence-corrected chi connectivity index (χ0v) is 9.92. The Morgan fingerprint density at radius 1 is 1.32 bits per heavy atom. The number of aliphatic hydroxyl groups excluding tert-OH is 3. The predicted molar refractivity (Wildman–Crippen MR) is 64.9 cm³/mol. The van der Waals surface area contributed by atoms with Gasteiger partial charge in [-0.2, -0.15) is 0 Å². The van der Waals surface area contributed by atoms with Gasteiger partial charge in [-0.25, -0.2) is 9.97 Å². The summed E-state index contributed by atoms with van der Waals surface area (Å²) in [5, 5.41) is 28.8. The molecule has 102 valence electrons. The second kappa shape index (κ2) is 4.42. The maximum Gasteiger partial charge on any atom is 0.164 e. The molecule has 1 aliphatic rings. The van der Waals surface area contributed by atoms with Crippen LogP contribution in [-0.2, 0) is 4.74 Å². The summed E-state index contributed by atoms with van der Waals surface area (Å²) in [6, 6.07) is 1.69. The lowest BCUT2D eigenvalue weighted by atomic mass is 10.1. The first-order valence-corrected chi connectivity index (χ1v) is 5.83. The van der Waals surface area contributed by atoms with Gasteiger partial charge in [-0.05, 0) is 6.07 Å². The van der Waals surface area contributed by atoms with Gasteiger partial charge in [-0.1, -0.05) is 0 Å². The van der Waals surface area contributed by atoms with Crippen LogP contribution in [0.2, 0.25) is 0 Å². The quantitative estimate of drug-likeness (QED) is 0.528. The molecule has 1 aliphatic heterocycles. The lowest BCUT2D eigenvalue weighted by Crippen LogP contribution is -2.33. The van der Waals surface area contributed by atoms with Crippen LogP contribution >= 0.6 is 0 Å². The van der Waals surface area contributed by atoms with Crippen molar-refractivity contribution in [1.29, 1.82) is 0 Å². The molecule has 2 aromatic heterocycles. The van der Waals surface area contributed by atoms with Gasteiger partial charge >= 0.3 is 0 Å². The van der Waals surface area contributed by atoms with Gasteiger partial charge in [0.2, 0.25) is 0 Å². The van der Waals surface area contributed by atoms with Gasteiger partial charge in [0.25, 0.3) is 0 Å². The number of aliphatic hydroxyl groups is 3. The van der Waals surface area contributed by atoms with Crippen molar-refractivity contribution in [3.05, 3.63) is 18.6 Å². The smallest absolute Gasteiger partial charge is 0.164 e. The van der Waals surface area contributed by atoms with E-state index in [1.807, 2.05) is 0 Å². The Labute approximate surface area is 108 Å². The van der Waals surface area contributed by atoms with E-state index in [4.69, 9.17) is 15.6 Å². The molecule has 3 heterocycles. The number of anilines is 1. The van der Waals surface area contributed by atoms with E-state index in [1.165, 1.54) is 12.5 Å². The van der Waals surface area contributed by atoms with Gasteiger partial charge in [-0.15, -0.1) is 0 Å². The summed E-state index contributed by atoms with van der Waals surface area (Å²) in [6.45, 7) is -0.370. The summed E-state index contributed by atoms with van der Waals surface area (Å²) in [7, 11) is 0. The summed E-state index contributed by atoms with van der Waals surface area (Å²) < 4.78 is 7.01. The van der Waals surface area contributed by atoms with Gasteiger partial charge in [-0.3, -0.25) is 0 Å². The minimum atomic E-state index is -1.15. The van der Waals surface area contributed by atoms with Gasteiger partial charge in [0.05, 0.1) is 18.5 Å². The number of hydrogen-bond acceptors (Lipinski definition) is 7. The molecule has 0 aromatic carbocycles. The first kappa shape index (κ1) is 12.3. The number of nitrogen functional groups attached to an aromatic ring is 1. The molecule has 0 aliphatic carbocycles. The third-order valence-electron chi connectivity index (χ3n) is 3.31. The highest BCUT2D eigenvalue weighted by Crippen LogP contribution is 2.32. The first-order valence-electron chi connectivity index (χ1n) is 5.83. The maximum absolute atomic E-state index is 9.98. The van der Waals surface area contributed by atoms with Crippen molar-refractivity contribution in [1.82, 2.24) is 14.5 Å². The Morgan fingerprint density at radius 2 is 2.11 bits per heavy atom. The molecule has 4 atom stereocenters. The van der Waals surface area contributed by atoms with E-state index in [9.17, 15) is 10.2 Å². The van der Waals surface area contributed by atoms with Crippen molar-refractivity contribution in [3.8, 4) is 0 Å². The van der Waals surface area contributed by atoms with E-state index >= 15 is 0 Å². The number of hydrogen-bond donors (Lipinski definition) is 4. The third kappa shape index (κ3) is 1.77. The van der Waals surface area contributed by atoms with Crippen LogP contribution in [0.25, 0.3) is 11.0 Å². The average Bonchev–Trinajstić information content (AvgIpc) is 2.94. The summed E-state index contributed by atoms with van der Waals surface area (Å²) in [5.74, 6) is 0.281. The molecule has 8 heteroatoms. The molecule has 1 unspecified atom stereocenters. The zero-order valence-electron chi connectivity index (χ0n) is 9.92.